The second-order valence-corrected chi connectivity index (χ2v) is 3.77. The first-order valence-electron chi connectivity index (χ1n) is 3.96. The molecule has 4 heteroatoms. The molecule has 0 amide bonds. The van der Waals surface area contributed by atoms with Crippen molar-refractivity contribution >= 4 is 33.0 Å². The average Bonchev–Trinajstić information content (AvgIpc) is 2.66. The summed E-state index contributed by atoms with van der Waals surface area (Å²) in [6.45, 7) is 0. The number of aromatic nitrogens is 2. The number of hydrogen-bond acceptors (Lipinski definition) is 3. The molecular weight excluding hydrogens is 182 g/mol. The minimum absolute atomic E-state index is 0.613. The average molecular weight is 189 g/mol. The summed E-state index contributed by atoms with van der Waals surface area (Å²) in [6, 6.07) is 5.93. The van der Waals surface area contributed by atoms with Crippen molar-refractivity contribution in [2.24, 2.45) is 0 Å². The van der Waals surface area contributed by atoms with Crippen molar-refractivity contribution in [2.45, 2.75) is 0 Å². The topological polar surface area (TPSA) is 43.3 Å². The van der Waals surface area contributed by atoms with Gasteiger partial charge in [-0.2, -0.15) is 0 Å². The predicted octanol–water partition coefficient (Wildman–Crippen LogP) is 2.13. The van der Waals surface area contributed by atoms with Gasteiger partial charge in [0.25, 0.3) is 0 Å². The van der Waals surface area contributed by atoms with Gasteiger partial charge in [-0.05, 0) is 23.6 Å². The molecule has 64 valence electrons. The van der Waals surface area contributed by atoms with Crippen LogP contribution in [-0.4, -0.2) is 9.38 Å². The maximum Gasteiger partial charge on any atom is 0.140 e. The summed E-state index contributed by atoms with van der Waals surface area (Å²) in [5, 5.41) is 3.07. The van der Waals surface area contributed by atoms with Crippen LogP contribution in [0.4, 0.5) is 5.82 Å². The van der Waals surface area contributed by atoms with Crippen molar-refractivity contribution in [3.8, 4) is 0 Å². The van der Waals surface area contributed by atoms with Crippen LogP contribution in [0.1, 0.15) is 0 Å². The van der Waals surface area contributed by atoms with E-state index in [0.717, 1.165) is 15.9 Å². The molecule has 3 rings (SSSR count). The zero-order chi connectivity index (χ0) is 8.84. The Labute approximate surface area is 78.4 Å². The van der Waals surface area contributed by atoms with Crippen LogP contribution in [0.3, 0.4) is 0 Å². The molecule has 0 aromatic carbocycles. The van der Waals surface area contributed by atoms with Crippen molar-refractivity contribution in [1.29, 1.82) is 0 Å². The number of nitrogens with zero attached hydrogens (tertiary/aromatic N) is 2. The van der Waals surface area contributed by atoms with Gasteiger partial charge in [0.15, 0.2) is 0 Å². The number of nitrogens with two attached hydrogens (primary N) is 1. The maximum atomic E-state index is 5.81. The van der Waals surface area contributed by atoms with Crippen molar-refractivity contribution in [3.05, 3.63) is 29.8 Å². The van der Waals surface area contributed by atoms with Crippen molar-refractivity contribution in [2.75, 3.05) is 5.73 Å². The van der Waals surface area contributed by atoms with E-state index in [1.165, 1.54) is 0 Å². The van der Waals surface area contributed by atoms with Gasteiger partial charge >= 0.3 is 0 Å². The van der Waals surface area contributed by atoms with Crippen molar-refractivity contribution in [1.82, 2.24) is 9.38 Å². The smallest absolute Gasteiger partial charge is 0.140 e. The zero-order valence-electron chi connectivity index (χ0n) is 6.77. The monoisotopic (exact) mass is 189 g/mol. The quantitative estimate of drug-likeness (QED) is 0.588. The van der Waals surface area contributed by atoms with Crippen LogP contribution >= 0.6 is 11.3 Å². The van der Waals surface area contributed by atoms with E-state index >= 15 is 0 Å². The largest absolute Gasteiger partial charge is 0.383 e. The summed E-state index contributed by atoms with van der Waals surface area (Å²) >= 11 is 1.68. The Morgan fingerprint density at radius 3 is 3.23 bits per heavy atom. The Kier molecular flexibility index (Phi) is 1.19. The minimum atomic E-state index is 0.613. The first-order chi connectivity index (χ1) is 6.36. The molecule has 2 N–H and O–H groups in total. The highest BCUT2D eigenvalue weighted by atomic mass is 32.1. The number of fused-ring (bicyclic) bond motifs is 3. The molecular formula is C9H7N3S. The molecule has 13 heavy (non-hydrogen) atoms. The van der Waals surface area contributed by atoms with Crippen molar-refractivity contribution < 1.29 is 0 Å². The lowest BCUT2D eigenvalue weighted by molar-refractivity contribution is 1.22. The highest BCUT2D eigenvalue weighted by molar-refractivity contribution is 7.16. The van der Waals surface area contributed by atoms with Crippen LogP contribution in [0.15, 0.2) is 29.8 Å². The summed E-state index contributed by atoms with van der Waals surface area (Å²) in [5.74, 6) is 0.613. The van der Waals surface area contributed by atoms with Gasteiger partial charge in [-0.15, -0.1) is 11.3 Å². The summed E-state index contributed by atoms with van der Waals surface area (Å²) in [5.41, 5.74) is 6.72. The molecule has 0 atom stereocenters. The van der Waals surface area contributed by atoms with E-state index in [2.05, 4.69) is 9.38 Å². The molecule has 0 saturated carbocycles. The van der Waals surface area contributed by atoms with Gasteiger partial charge in [0.2, 0.25) is 0 Å². The molecule has 0 unspecified atom stereocenters. The Balaban J connectivity index is 2.70. The van der Waals surface area contributed by atoms with Gasteiger partial charge in [-0.3, -0.25) is 4.40 Å². The molecule has 0 bridgehead atoms. The molecule has 0 spiro atoms. The minimum Gasteiger partial charge on any atom is -0.383 e. The molecule has 0 aliphatic carbocycles. The highest BCUT2D eigenvalue weighted by Crippen LogP contribution is 2.25. The Hall–Kier alpha value is -1.55. The number of hydrogen-bond donors (Lipinski definition) is 1. The van der Waals surface area contributed by atoms with Gasteiger partial charge in [-0.1, -0.05) is 0 Å². The molecule has 0 fully saturated rings. The molecule has 0 aliphatic heterocycles. The standard InChI is InChI=1S/C9H7N3S/c10-8-6-3-5-13-9(6)12-4-1-2-7(12)11-8/h1-5H,(H2,10,11). The fraction of sp³-hybridized carbons (Fsp3) is 0. The Morgan fingerprint density at radius 2 is 2.31 bits per heavy atom. The maximum absolute atomic E-state index is 5.81. The lowest BCUT2D eigenvalue weighted by Gasteiger charge is -1.99. The number of anilines is 1. The SMILES string of the molecule is Nc1nc2cccn2c2sccc12. The first kappa shape index (κ1) is 6.91. The van der Waals surface area contributed by atoms with Gasteiger partial charge in [0, 0.05) is 6.20 Å². The van der Waals surface area contributed by atoms with Gasteiger partial charge in [-0.25, -0.2) is 4.98 Å². The van der Waals surface area contributed by atoms with Crippen molar-refractivity contribution in [3.63, 3.8) is 0 Å². The first-order valence-corrected chi connectivity index (χ1v) is 4.84. The Bertz CT molecular complexity index is 579. The molecule has 0 aliphatic rings. The third kappa shape index (κ3) is 0.805. The summed E-state index contributed by atoms with van der Waals surface area (Å²) < 4.78 is 2.05. The number of rotatable bonds is 0. The van der Waals surface area contributed by atoms with E-state index in [1.54, 1.807) is 11.3 Å². The van der Waals surface area contributed by atoms with Gasteiger partial charge in [0.05, 0.1) is 5.39 Å². The fourth-order valence-corrected chi connectivity index (χ4v) is 2.40. The fourth-order valence-electron chi connectivity index (χ4n) is 1.50. The summed E-state index contributed by atoms with van der Waals surface area (Å²) in [6.07, 6.45) is 2.00. The van der Waals surface area contributed by atoms with Crippen LogP contribution in [0.5, 0.6) is 0 Å². The van der Waals surface area contributed by atoms with Gasteiger partial charge in [0.1, 0.15) is 16.3 Å². The lowest BCUT2D eigenvalue weighted by Crippen LogP contribution is -1.94. The zero-order valence-corrected chi connectivity index (χ0v) is 7.58. The van der Waals surface area contributed by atoms with E-state index in [0.29, 0.717) is 5.82 Å². The lowest BCUT2D eigenvalue weighted by atomic mass is 10.4. The molecule has 3 heterocycles. The van der Waals surface area contributed by atoms with Crippen LogP contribution in [0.2, 0.25) is 0 Å². The third-order valence-corrected chi connectivity index (χ3v) is 3.01. The van der Waals surface area contributed by atoms with E-state index in [-0.39, 0.29) is 0 Å². The van der Waals surface area contributed by atoms with Crippen LogP contribution in [0.25, 0.3) is 15.9 Å². The van der Waals surface area contributed by atoms with E-state index < -0.39 is 0 Å². The summed E-state index contributed by atoms with van der Waals surface area (Å²) in [4.78, 5) is 5.44. The van der Waals surface area contributed by atoms with Gasteiger partial charge < -0.3 is 5.73 Å². The van der Waals surface area contributed by atoms with Crippen LogP contribution < -0.4 is 5.73 Å². The van der Waals surface area contributed by atoms with E-state index in [4.69, 9.17) is 5.73 Å². The second-order valence-electron chi connectivity index (χ2n) is 2.87. The van der Waals surface area contributed by atoms with E-state index in [9.17, 15) is 0 Å². The predicted molar refractivity (Wildman–Crippen MR) is 55.0 cm³/mol. The Morgan fingerprint density at radius 1 is 1.38 bits per heavy atom. The molecule has 3 nitrogen and oxygen atoms in total. The molecule has 0 radical (unpaired) electrons. The van der Waals surface area contributed by atoms with Crippen LogP contribution in [-0.2, 0) is 0 Å². The van der Waals surface area contributed by atoms with E-state index in [1.807, 2.05) is 29.8 Å². The second kappa shape index (κ2) is 2.23. The third-order valence-electron chi connectivity index (χ3n) is 2.10. The molecule has 0 saturated heterocycles. The van der Waals surface area contributed by atoms with Crippen LogP contribution in [0, 0.1) is 0 Å². The number of thiophene rings is 1. The normalized spacial score (nSPS) is 11.4. The molecule has 3 aromatic rings. The number of nitrogen functional groups attached to an aromatic ring is 1. The summed E-state index contributed by atoms with van der Waals surface area (Å²) in [7, 11) is 0. The highest BCUT2D eigenvalue weighted by Gasteiger charge is 2.05. The molecule has 3 aromatic heterocycles.